The van der Waals surface area contributed by atoms with E-state index in [1.165, 1.54) is 0 Å². The van der Waals surface area contributed by atoms with E-state index < -0.39 is 0 Å². The molecular formula is C10H9BrN3O+. The molecule has 0 atom stereocenters. The second-order valence-corrected chi connectivity index (χ2v) is 3.87. The summed E-state index contributed by atoms with van der Waals surface area (Å²) in [4.78, 5) is 3.76. The van der Waals surface area contributed by atoms with E-state index >= 15 is 0 Å². The topological polar surface area (TPSA) is 37.2 Å². The lowest BCUT2D eigenvalue weighted by Gasteiger charge is -2.07. The van der Waals surface area contributed by atoms with Crippen LogP contribution < -0.4 is 4.74 Å². The molecule has 4 nitrogen and oxygen atoms in total. The average molecular weight is 267 g/mol. The van der Waals surface area contributed by atoms with Crippen LogP contribution in [0.15, 0.2) is 32.8 Å². The number of ether oxygens (including phenoxy) is 1. The summed E-state index contributed by atoms with van der Waals surface area (Å²) in [5, 5.41) is 5.63. The number of nitrogens with zero attached hydrogens (tertiary/aromatic N) is 3. The van der Waals surface area contributed by atoms with Gasteiger partial charge in [0.05, 0.1) is 18.1 Å². The van der Waals surface area contributed by atoms with E-state index in [-0.39, 0.29) is 0 Å². The number of halogens is 1. The van der Waals surface area contributed by atoms with Crippen molar-refractivity contribution in [1.82, 2.24) is 5.01 Å². The van der Waals surface area contributed by atoms with Crippen molar-refractivity contribution in [2.75, 3.05) is 7.11 Å². The minimum Gasteiger partial charge on any atom is -0.496 e. The number of benzene rings is 1. The SMILES string of the molecule is COc1ccc(CN2C=N[C+]=N2)cc1Br. The van der Waals surface area contributed by atoms with Crippen LogP contribution >= 0.6 is 15.9 Å². The van der Waals surface area contributed by atoms with Gasteiger partial charge in [0.25, 0.3) is 6.34 Å². The fourth-order valence-corrected chi connectivity index (χ4v) is 1.86. The molecule has 5 heteroatoms. The lowest BCUT2D eigenvalue weighted by molar-refractivity contribution is 0.411. The molecule has 0 spiro atoms. The molecule has 0 bridgehead atoms. The van der Waals surface area contributed by atoms with Crippen molar-refractivity contribution in [3.05, 3.63) is 28.2 Å². The first-order valence-electron chi connectivity index (χ1n) is 4.37. The van der Waals surface area contributed by atoms with E-state index in [0.717, 1.165) is 15.8 Å². The van der Waals surface area contributed by atoms with E-state index in [9.17, 15) is 0 Å². The molecule has 1 aromatic carbocycles. The number of rotatable bonds is 3. The number of hydrogen-bond acceptors (Lipinski definition) is 4. The first kappa shape index (κ1) is 10.1. The van der Waals surface area contributed by atoms with Crippen LogP contribution in [0.4, 0.5) is 0 Å². The third kappa shape index (κ3) is 2.32. The number of hydrazone groups is 1. The maximum Gasteiger partial charge on any atom is 0.371 e. The van der Waals surface area contributed by atoms with Gasteiger partial charge in [0, 0.05) is 10.1 Å². The average Bonchev–Trinajstić information content (AvgIpc) is 2.71. The lowest BCUT2D eigenvalue weighted by Crippen LogP contribution is -2.11. The molecule has 0 fully saturated rings. The summed E-state index contributed by atoms with van der Waals surface area (Å²) in [5.41, 5.74) is 1.13. The summed E-state index contributed by atoms with van der Waals surface area (Å²) in [6, 6.07) is 5.91. The van der Waals surface area contributed by atoms with Gasteiger partial charge in [0.2, 0.25) is 0 Å². The van der Waals surface area contributed by atoms with E-state index in [1.807, 2.05) is 18.2 Å². The Balaban J connectivity index is 2.12. The van der Waals surface area contributed by atoms with Crippen LogP contribution in [-0.4, -0.2) is 24.8 Å². The van der Waals surface area contributed by atoms with Gasteiger partial charge in [-0.2, -0.15) is 0 Å². The molecule has 2 rings (SSSR count). The van der Waals surface area contributed by atoms with Gasteiger partial charge < -0.3 is 4.74 Å². The van der Waals surface area contributed by atoms with E-state index in [2.05, 4.69) is 32.4 Å². The second kappa shape index (κ2) is 4.38. The third-order valence-electron chi connectivity index (χ3n) is 1.98. The Labute approximate surface area is 96.4 Å². The number of aliphatic imine (C=N–C) groups is 1. The Bertz CT molecular complexity index is 405. The van der Waals surface area contributed by atoms with Crippen molar-refractivity contribution in [3.8, 4) is 5.75 Å². The van der Waals surface area contributed by atoms with Gasteiger partial charge in [-0.05, 0) is 33.6 Å². The van der Waals surface area contributed by atoms with Gasteiger partial charge in [0.1, 0.15) is 5.75 Å². The van der Waals surface area contributed by atoms with Gasteiger partial charge in [-0.15, -0.1) is 5.01 Å². The zero-order valence-electron chi connectivity index (χ0n) is 8.14. The first-order chi connectivity index (χ1) is 7.29. The molecule has 0 N–H and O–H groups in total. The van der Waals surface area contributed by atoms with Crippen LogP contribution in [0.1, 0.15) is 5.56 Å². The summed E-state index contributed by atoms with van der Waals surface area (Å²) in [7, 11) is 1.64. The largest absolute Gasteiger partial charge is 0.496 e. The Hall–Kier alpha value is -1.45. The molecule has 1 heterocycles. The molecule has 0 aromatic heterocycles. The number of methoxy groups -OCH3 is 1. The smallest absolute Gasteiger partial charge is 0.371 e. The monoisotopic (exact) mass is 266 g/mol. The summed E-state index contributed by atoms with van der Waals surface area (Å²) in [6.07, 6.45) is 4.15. The molecule has 76 valence electrons. The van der Waals surface area contributed by atoms with Crippen LogP contribution in [-0.2, 0) is 6.54 Å². The van der Waals surface area contributed by atoms with Gasteiger partial charge in [-0.1, -0.05) is 6.07 Å². The molecule has 0 aliphatic carbocycles. The quantitative estimate of drug-likeness (QED) is 0.786. The molecule has 0 saturated heterocycles. The predicted molar refractivity (Wildman–Crippen MR) is 62.2 cm³/mol. The third-order valence-corrected chi connectivity index (χ3v) is 2.60. The van der Waals surface area contributed by atoms with Crippen molar-refractivity contribution in [2.24, 2.45) is 10.1 Å². The molecule has 1 aromatic rings. The van der Waals surface area contributed by atoms with E-state index in [0.29, 0.717) is 6.54 Å². The van der Waals surface area contributed by atoms with Crippen molar-refractivity contribution in [1.29, 1.82) is 0 Å². The lowest BCUT2D eigenvalue weighted by atomic mass is 10.2. The summed E-state index contributed by atoms with van der Waals surface area (Å²) >= 11 is 3.43. The van der Waals surface area contributed by atoms with Gasteiger partial charge in [-0.25, -0.2) is 0 Å². The van der Waals surface area contributed by atoms with Crippen LogP contribution in [0, 0.1) is 0 Å². The van der Waals surface area contributed by atoms with E-state index in [1.54, 1.807) is 18.5 Å². The maximum atomic E-state index is 5.15. The Morgan fingerprint density at radius 1 is 1.53 bits per heavy atom. The highest BCUT2D eigenvalue weighted by molar-refractivity contribution is 9.10. The first-order valence-corrected chi connectivity index (χ1v) is 5.17. The van der Waals surface area contributed by atoms with Crippen molar-refractivity contribution in [3.63, 3.8) is 0 Å². The Morgan fingerprint density at radius 3 is 3.00 bits per heavy atom. The minimum atomic E-state index is 0.680. The molecule has 0 radical (unpaired) electrons. The maximum absolute atomic E-state index is 5.15. The fourth-order valence-electron chi connectivity index (χ4n) is 1.27. The van der Waals surface area contributed by atoms with Crippen LogP contribution in [0.25, 0.3) is 0 Å². The fraction of sp³-hybridized carbons (Fsp3) is 0.200. The van der Waals surface area contributed by atoms with Crippen molar-refractivity contribution >= 4 is 28.6 Å². The molecule has 1 aliphatic heterocycles. The number of hydrogen-bond donors (Lipinski definition) is 0. The Morgan fingerprint density at radius 2 is 2.40 bits per heavy atom. The van der Waals surface area contributed by atoms with E-state index in [4.69, 9.17) is 4.74 Å². The predicted octanol–water partition coefficient (Wildman–Crippen LogP) is 2.12. The van der Waals surface area contributed by atoms with Crippen molar-refractivity contribution < 1.29 is 4.74 Å². The molecule has 0 amide bonds. The normalized spacial score (nSPS) is 13.1. The molecule has 0 unspecified atom stereocenters. The standard InChI is InChI=1S/C10H9BrN3O/c1-15-10-3-2-8(4-9(10)11)5-14-7-12-6-13-14/h2-4,7H,5H2,1H3/q+1. The van der Waals surface area contributed by atoms with Crippen LogP contribution in [0.3, 0.4) is 0 Å². The van der Waals surface area contributed by atoms with Gasteiger partial charge in [-0.3, -0.25) is 0 Å². The molecule has 0 saturated carbocycles. The van der Waals surface area contributed by atoms with Crippen molar-refractivity contribution in [2.45, 2.75) is 6.54 Å². The molecule has 15 heavy (non-hydrogen) atoms. The van der Waals surface area contributed by atoms with Crippen LogP contribution in [0.2, 0.25) is 0 Å². The van der Waals surface area contributed by atoms with Crippen LogP contribution in [0.5, 0.6) is 5.75 Å². The van der Waals surface area contributed by atoms with Gasteiger partial charge in [0.15, 0.2) is 0 Å². The highest BCUT2D eigenvalue weighted by atomic mass is 79.9. The molecule has 1 aliphatic rings. The van der Waals surface area contributed by atoms with Gasteiger partial charge >= 0.3 is 6.34 Å². The zero-order chi connectivity index (χ0) is 10.7. The summed E-state index contributed by atoms with van der Waals surface area (Å²) < 4.78 is 6.08. The summed E-state index contributed by atoms with van der Waals surface area (Å²) in [5.74, 6) is 0.823. The molecular weight excluding hydrogens is 258 g/mol. The second-order valence-electron chi connectivity index (χ2n) is 3.01. The highest BCUT2D eigenvalue weighted by Crippen LogP contribution is 2.25. The zero-order valence-corrected chi connectivity index (χ0v) is 9.73. The summed E-state index contributed by atoms with van der Waals surface area (Å²) in [6.45, 7) is 0.680. The Kier molecular flexibility index (Phi) is 2.94. The minimum absolute atomic E-state index is 0.680. The highest BCUT2D eigenvalue weighted by Gasteiger charge is 2.12.